The smallest absolute Gasteiger partial charge is 0.253 e. The molecule has 0 atom stereocenters. The molecule has 8 heteroatoms. The van der Waals surface area contributed by atoms with Crippen LogP contribution in [-0.2, 0) is 9.59 Å². The third-order valence-corrected chi connectivity index (χ3v) is 3.69. The number of nitrogens with one attached hydrogen (secondary N) is 2. The summed E-state index contributed by atoms with van der Waals surface area (Å²) in [5.41, 5.74) is 0.225. The Balaban J connectivity index is 2.44. The fraction of sp³-hybridized carbons (Fsp3) is 0.400. The molecule has 0 saturated heterocycles. The summed E-state index contributed by atoms with van der Waals surface area (Å²) >= 11 is 11.7. The number of carbonyl (C=O) groups excluding carboxylic acids is 3. The van der Waals surface area contributed by atoms with Gasteiger partial charge in [0, 0.05) is 18.1 Å². The van der Waals surface area contributed by atoms with Crippen molar-refractivity contribution >= 4 is 40.9 Å². The number of carbonyl (C=O) groups is 3. The monoisotopic (exact) mass is 359 g/mol. The molecular weight excluding hydrogens is 341 g/mol. The lowest BCUT2D eigenvalue weighted by atomic mass is 10.2. The van der Waals surface area contributed by atoms with Gasteiger partial charge in [0.25, 0.3) is 5.91 Å². The van der Waals surface area contributed by atoms with E-state index in [0.717, 1.165) is 0 Å². The van der Waals surface area contributed by atoms with Gasteiger partial charge in [-0.1, -0.05) is 23.2 Å². The fourth-order valence-corrected chi connectivity index (χ4v) is 2.35. The van der Waals surface area contributed by atoms with Gasteiger partial charge >= 0.3 is 0 Å². The Kier molecular flexibility index (Phi) is 7.85. The van der Waals surface area contributed by atoms with Crippen molar-refractivity contribution in [3.8, 4) is 0 Å². The summed E-state index contributed by atoms with van der Waals surface area (Å²) in [6, 6.07) is 4.45. The molecule has 0 aliphatic carbocycles. The van der Waals surface area contributed by atoms with Gasteiger partial charge in [-0.05, 0) is 32.0 Å². The second kappa shape index (κ2) is 9.37. The first-order chi connectivity index (χ1) is 10.9. The lowest BCUT2D eigenvalue weighted by Crippen LogP contribution is -2.43. The van der Waals surface area contributed by atoms with Crippen molar-refractivity contribution in [1.82, 2.24) is 15.5 Å². The molecule has 0 fully saturated rings. The van der Waals surface area contributed by atoms with Crippen LogP contribution in [0.1, 0.15) is 24.2 Å². The van der Waals surface area contributed by atoms with Crippen LogP contribution in [0.15, 0.2) is 18.2 Å². The average molecular weight is 360 g/mol. The lowest BCUT2D eigenvalue weighted by Gasteiger charge is -2.18. The first-order valence-corrected chi connectivity index (χ1v) is 7.92. The molecular formula is C15H19Cl2N3O3. The quantitative estimate of drug-likeness (QED) is 0.777. The minimum atomic E-state index is -0.489. The van der Waals surface area contributed by atoms with Crippen molar-refractivity contribution in [2.45, 2.75) is 13.8 Å². The van der Waals surface area contributed by atoms with E-state index < -0.39 is 11.8 Å². The van der Waals surface area contributed by atoms with Crippen molar-refractivity contribution < 1.29 is 14.4 Å². The van der Waals surface area contributed by atoms with Gasteiger partial charge < -0.3 is 15.5 Å². The van der Waals surface area contributed by atoms with Crippen molar-refractivity contribution in [2.75, 3.05) is 26.2 Å². The zero-order valence-corrected chi connectivity index (χ0v) is 14.5. The van der Waals surface area contributed by atoms with E-state index in [-0.39, 0.29) is 29.6 Å². The predicted molar refractivity (Wildman–Crippen MR) is 89.7 cm³/mol. The van der Waals surface area contributed by atoms with Gasteiger partial charge in [0.05, 0.1) is 23.7 Å². The minimum Gasteiger partial charge on any atom is -0.345 e. The summed E-state index contributed by atoms with van der Waals surface area (Å²) in [6.07, 6.45) is 0. The van der Waals surface area contributed by atoms with E-state index in [1.807, 2.05) is 13.8 Å². The topological polar surface area (TPSA) is 78.5 Å². The summed E-state index contributed by atoms with van der Waals surface area (Å²) in [5, 5.41) is 5.52. The maximum Gasteiger partial charge on any atom is 0.253 e. The molecule has 126 valence electrons. The van der Waals surface area contributed by atoms with Gasteiger partial charge in [0.1, 0.15) is 0 Å². The molecule has 0 bridgehead atoms. The number of likely N-dealkylation sites (N-methyl/N-ethyl adjacent to an activating group) is 1. The highest BCUT2D eigenvalue weighted by atomic mass is 35.5. The molecule has 0 spiro atoms. The first kappa shape index (κ1) is 19.3. The zero-order chi connectivity index (χ0) is 17.4. The third kappa shape index (κ3) is 6.08. The molecule has 1 rings (SSSR count). The second-order valence-electron chi connectivity index (χ2n) is 4.65. The molecule has 0 unspecified atom stereocenters. The first-order valence-electron chi connectivity index (χ1n) is 7.16. The summed E-state index contributed by atoms with van der Waals surface area (Å²) in [4.78, 5) is 36.9. The van der Waals surface area contributed by atoms with E-state index in [2.05, 4.69) is 10.6 Å². The number of nitrogens with zero attached hydrogens (tertiary/aromatic N) is 1. The number of rotatable bonds is 7. The lowest BCUT2D eigenvalue weighted by molar-refractivity contribution is -0.132. The van der Waals surface area contributed by atoms with Gasteiger partial charge in [-0.15, -0.1) is 0 Å². The highest BCUT2D eigenvalue weighted by Crippen LogP contribution is 2.20. The Morgan fingerprint density at radius 3 is 2.26 bits per heavy atom. The van der Waals surface area contributed by atoms with Crippen molar-refractivity contribution in [2.24, 2.45) is 0 Å². The van der Waals surface area contributed by atoms with Gasteiger partial charge in [-0.3, -0.25) is 14.4 Å². The Labute approximate surface area is 145 Å². The van der Waals surface area contributed by atoms with Crippen LogP contribution in [0.2, 0.25) is 10.0 Å². The van der Waals surface area contributed by atoms with Gasteiger partial charge in [0.15, 0.2) is 0 Å². The normalized spacial score (nSPS) is 10.1. The van der Waals surface area contributed by atoms with Gasteiger partial charge in [-0.25, -0.2) is 0 Å². The summed E-state index contributed by atoms with van der Waals surface area (Å²) in [7, 11) is 0. The summed E-state index contributed by atoms with van der Waals surface area (Å²) < 4.78 is 0. The zero-order valence-electron chi connectivity index (χ0n) is 13.0. The summed E-state index contributed by atoms with van der Waals surface area (Å²) in [6.45, 7) is 4.54. The Hall–Kier alpha value is -1.79. The molecule has 0 aliphatic rings. The fourth-order valence-electron chi connectivity index (χ4n) is 1.85. The van der Waals surface area contributed by atoms with Crippen LogP contribution in [0.3, 0.4) is 0 Å². The Morgan fingerprint density at radius 2 is 1.70 bits per heavy atom. The van der Waals surface area contributed by atoms with E-state index >= 15 is 0 Å². The van der Waals surface area contributed by atoms with E-state index in [4.69, 9.17) is 23.2 Å². The summed E-state index contributed by atoms with van der Waals surface area (Å²) in [5.74, 6) is -1.11. The minimum absolute atomic E-state index is 0.0991. The van der Waals surface area contributed by atoms with Gasteiger partial charge in [-0.2, -0.15) is 0 Å². The van der Waals surface area contributed by atoms with Crippen LogP contribution in [0.5, 0.6) is 0 Å². The molecule has 0 radical (unpaired) electrons. The van der Waals surface area contributed by atoms with Crippen LogP contribution in [0.25, 0.3) is 0 Å². The van der Waals surface area contributed by atoms with Crippen LogP contribution in [0.4, 0.5) is 0 Å². The molecule has 23 heavy (non-hydrogen) atoms. The highest BCUT2D eigenvalue weighted by molar-refractivity contribution is 6.36. The van der Waals surface area contributed by atoms with E-state index in [0.29, 0.717) is 18.1 Å². The maximum absolute atomic E-state index is 11.9. The third-order valence-electron chi connectivity index (χ3n) is 3.14. The predicted octanol–water partition coefficient (Wildman–Crippen LogP) is 1.71. The Morgan fingerprint density at radius 1 is 1.04 bits per heavy atom. The average Bonchev–Trinajstić information content (AvgIpc) is 2.51. The number of benzene rings is 1. The second-order valence-corrected chi connectivity index (χ2v) is 5.49. The molecule has 0 heterocycles. The van der Waals surface area contributed by atoms with Crippen LogP contribution in [-0.4, -0.2) is 48.8 Å². The van der Waals surface area contributed by atoms with E-state index in [1.54, 1.807) is 4.90 Å². The van der Waals surface area contributed by atoms with Crippen LogP contribution < -0.4 is 10.6 Å². The van der Waals surface area contributed by atoms with Crippen LogP contribution >= 0.6 is 23.2 Å². The van der Waals surface area contributed by atoms with Crippen LogP contribution in [0, 0.1) is 0 Å². The molecule has 1 aromatic carbocycles. The SMILES string of the molecule is CCN(CC)C(=O)CNC(=O)CNC(=O)c1ccc(Cl)cc1Cl. The number of amides is 3. The molecule has 0 aliphatic heterocycles. The Bertz CT molecular complexity index is 589. The number of hydrogen-bond donors (Lipinski definition) is 2. The van der Waals surface area contributed by atoms with Crippen molar-refractivity contribution in [3.05, 3.63) is 33.8 Å². The maximum atomic E-state index is 11.9. The van der Waals surface area contributed by atoms with E-state index in [9.17, 15) is 14.4 Å². The number of hydrogen-bond acceptors (Lipinski definition) is 3. The molecule has 6 nitrogen and oxygen atoms in total. The highest BCUT2D eigenvalue weighted by Gasteiger charge is 2.14. The van der Waals surface area contributed by atoms with E-state index in [1.165, 1.54) is 18.2 Å². The van der Waals surface area contributed by atoms with Gasteiger partial charge in [0.2, 0.25) is 11.8 Å². The molecule has 2 N–H and O–H groups in total. The molecule has 1 aromatic rings. The standard InChI is InChI=1S/C15H19Cl2N3O3/c1-3-20(4-2)14(22)9-18-13(21)8-19-15(23)11-6-5-10(16)7-12(11)17/h5-7H,3-4,8-9H2,1-2H3,(H,18,21)(H,19,23). The van der Waals surface area contributed by atoms with Crippen molar-refractivity contribution in [3.63, 3.8) is 0 Å². The molecule has 3 amide bonds. The molecule has 0 saturated carbocycles. The number of halogens is 2. The largest absolute Gasteiger partial charge is 0.345 e. The van der Waals surface area contributed by atoms with Crippen molar-refractivity contribution in [1.29, 1.82) is 0 Å². The molecule has 0 aromatic heterocycles.